The van der Waals surface area contributed by atoms with Crippen LogP contribution in [0.4, 0.5) is 21.9 Å². The fourth-order valence-electron chi connectivity index (χ4n) is 3.59. The molecule has 10 heteroatoms. The molecule has 4 rings (SSSR count). The number of benzene rings is 3. The van der Waals surface area contributed by atoms with Crippen molar-refractivity contribution in [3.63, 3.8) is 0 Å². The molecule has 0 bridgehead atoms. The Labute approximate surface area is 207 Å². The SMILES string of the molecule is CN(C)CCOC(=O)N(Cc1ccc(C(=O)Nc2ccccc2N)cc1)c1ccc2[nH]c(=O)[nH]c2c1. The lowest BCUT2D eigenvalue weighted by Crippen LogP contribution is -2.33. The molecule has 1 aromatic heterocycles. The second-order valence-corrected chi connectivity index (χ2v) is 8.55. The lowest BCUT2D eigenvalue weighted by Gasteiger charge is -2.23. The molecule has 186 valence electrons. The molecule has 0 aliphatic heterocycles. The summed E-state index contributed by atoms with van der Waals surface area (Å²) in [5.41, 5.74) is 9.62. The molecular formula is C26H28N6O4. The number of anilines is 3. The fourth-order valence-corrected chi connectivity index (χ4v) is 3.59. The maximum Gasteiger partial charge on any atom is 0.414 e. The van der Waals surface area contributed by atoms with Crippen molar-refractivity contribution in [1.29, 1.82) is 0 Å². The molecule has 10 nitrogen and oxygen atoms in total. The highest BCUT2D eigenvalue weighted by atomic mass is 16.6. The van der Waals surface area contributed by atoms with E-state index in [1.807, 2.05) is 19.0 Å². The van der Waals surface area contributed by atoms with Crippen LogP contribution in [0, 0.1) is 0 Å². The van der Waals surface area contributed by atoms with Gasteiger partial charge >= 0.3 is 11.8 Å². The van der Waals surface area contributed by atoms with E-state index in [0.29, 0.717) is 40.2 Å². The number of amides is 2. The Hall–Kier alpha value is -4.57. The number of rotatable bonds is 8. The second-order valence-electron chi connectivity index (χ2n) is 8.55. The van der Waals surface area contributed by atoms with Crippen LogP contribution in [0.25, 0.3) is 11.0 Å². The van der Waals surface area contributed by atoms with Gasteiger partial charge < -0.3 is 30.7 Å². The number of hydrogen-bond donors (Lipinski definition) is 4. The third-order valence-corrected chi connectivity index (χ3v) is 5.56. The molecule has 2 amide bonds. The van der Waals surface area contributed by atoms with Crippen LogP contribution in [0.3, 0.4) is 0 Å². The molecule has 3 aromatic carbocycles. The van der Waals surface area contributed by atoms with Crippen LogP contribution in [-0.2, 0) is 11.3 Å². The number of H-pyrrole nitrogens is 2. The van der Waals surface area contributed by atoms with Crippen LogP contribution in [0.5, 0.6) is 0 Å². The van der Waals surface area contributed by atoms with E-state index in [1.54, 1.807) is 66.7 Å². The van der Waals surface area contributed by atoms with E-state index in [2.05, 4.69) is 15.3 Å². The molecular weight excluding hydrogens is 460 g/mol. The standard InChI is InChI=1S/C26H28N6O4/c1-31(2)13-14-36-26(35)32(19-11-12-22-23(15-19)30-25(34)29-22)16-17-7-9-18(10-8-17)24(33)28-21-6-4-3-5-20(21)27/h3-12,15H,13-14,16,27H2,1-2H3,(H,28,33)(H2,29,30,34). The summed E-state index contributed by atoms with van der Waals surface area (Å²) < 4.78 is 5.49. The first kappa shape index (κ1) is 24.6. The summed E-state index contributed by atoms with van der Waals surface area (Å²) in [5, 5.41) is 2.80. The van der Waals surface area contributed by atoms with Gasteiger partial charge in [0.2, 0.25) is 0 Å². The summed E-state index contributed by atoms with van der Waals surface area (Å²) in [4.78, 5) is 46.1. The van der Waals surface area contributed by atoms with Gasteiger partial charge in [0.05, 0.1) is 29.0 Å². The summed E-state index contributed by atoms with van der Waals surface area (Å²) in [7, 11) is 3.79. The third kappa shape index (κ3) is 5.91. The summed E-state index contributed by atoms with van der Waals surface area (Å²) >= 11 is 0. The molecule has 5 N–H and O–H groups in total. The molecule has 4 aromatic rings. The predicted octanol–water partition coefficient (Wildman–Crippen LogP) is 3.40. The number of nitrogens with two attached hydrogens (primary N) is 1. The van der Waals surface area contributed by atoms with E-state index in [-0.39, 0.29) is 24.7 Å². The van der Waals surface area contributed by atoms with E-state index in [4.69, 9.17) is 10.5 Å². The Kier molecular flexibility index (Phi) is 7.36. The van der Waals surface area contributed by atoms with Crippen LogP contribution >= 0.6 is 0 Å². The van der Waals surface area contributed by atoms with Crippen molar-refractivity contribution in [2.45, 2.75) is 6.54 Å². The first-order valence-corrected chi connectivity index (χ1v) is 11.4. The largest absolute Gasteiger partial charge is 0.448 e. The van der Waals surface area contributed by atoms with Crippen molar-refractivity contribution in [3.8, 4) is 0 Å². The van der Waals surface area contributed by atoms with Gasteiger partial charge in [0.25, 0.3) is 5.91 Å². The van der Waals surface area contributed by atoms with Crippen LogP contribution in [0.15, 0.2) is 71.5 Å². The smallest absolute Gasteiger partial charge is 0.414 e. The minimum absolute atomic E-state index is 0.203. The number of carbonyl (C=O) groups excluding carboxylic acids is 2. The van der Waals surface area contributed by atoms with Gasteiger partial charge in [-0.15, -0.1) is 0 Å². The van der Waals surface area contributed by atoms with Crippen LogP contribution in [0.2, 0.25) is 0 Å². The summed E-state index contributed by atoms with van der Waals surface area (Å²) in [6, 6.07) is 19.1. The topological polar surface area (TPSA) is 137 Å². The molecule has 0 radical (unpaired) electrons. The van der Waals surface area contributed by atoms with Crippen molar-refractivity contribution in [3.05, 3.63) is 88.3 Å². The Bertz CT molecular complexity index is 1420. The second kappa shape index (κ2) is 10.8. The minimum atomic E-state index is -0.518. The number of fused-ring (bicyclic) bond motifs is 1. The van der Waals surface area contributed by atoms with Crippen molar-refractivity contribution in [2.24, 2.45) is 0 Å². The molecule has 36 heavy (non-hydrogen) atoms. The van der Waals surface area contributed by atoms with E-state index in [1.165, 1.54) is 4.90 Å². The maximum atomic E-state index is 13.0. The van der Waals surface area contributed by atoms with Gasteiger partial charge in [-0.05, 0) is 62.1 Å². The number of imidazole rings is 1. The quantitative estimate of drug-likeness (QED) is 0.281. The van der Waals surface area contributed by atoms with Gasteiger partial charge in [0.1, 0.15) is 6.61 Å². The zero-order valence-corrected chi connectivity index (χ0v) is 20.1. The number of aromatic nitrogens is 2. The normalized spacial score (nSPS) is 11.0. The Morgan fingerprint density at radius 1 is 0.972 bits per heavy atom. The van der Waals surface area contributed by atoms with E-state index in [9.17, 15) is 14.4 Å². The number of carbonyl (C=O) groups is 2. The van der Waals surface area contributed by atoms with Gasteiger partial charge in [-0.2, -0.15) is 0 Å². The van der Waals surface area contributed by atoms with Crippen molar-refractivity contribution in [2.75, 3.05) is 43.2 Å². The highest BCUT2D eigenvalue weighted by Crippen LogP contribution is 2.23. The van der Waals surface area contributed by atoms with Crippen molar-refractivity contribution >= 4 is 40.1 Å². The molecule has 1 heterocycles. The van der Waals surface area contributed by atoms with Gasteiger partial charge in [-0.25, -0.2) is 9.59 Å². The lowest BCUT2D eigenvalue weighted by atomic mass is 10.1. The Morgan fingerprint density at radius 2 is 1.69 bits per heavy atom. The average molecular weight is 489 g/mol. The van der Waals surface area contributed by atoms with Crippen LogP contribution in [-0.4, -0.2) is 54.1 Å². The average Bonchev–Trinajstić information content (AvgIpc) is 3.23. The fraction of sp³-hybridized carbons (Fsp3) is 0.192. The summed E-state index contributed by atoms with van der Waals surface area (Å²) in [6.07, 6.45) is -0.518. The number of ether oxygens (including phenoxy) is 1. The Balaban J connectivity index is 1.53. The summed E-state index contributed by atoms with van der Waals surface area (Å²) in [5.74, 6) is -0.290. The predicted molar refractivity (Wildman–Crippen MR) is 140 cm³/mol. The third-order valence-electron chi connectivity index (χ3n) is 5.56. The molecule has 0 fully saturated rings. The molecule has 0 saturated carbocycles. The Morgan fingerprint density at radius 3 is 2.42 bits per heavy atom. The highest BCUT2D eigenvalue weighted by molar-refractivity contribution is 6.05. The van der Waals surface area contributed by atoms with E-state index < -0.39 is 6.09 Å². The first-order chi connectivity index (χ1) is 17.3. The monoisotopic (exact) mass is 488 g/mol. The number of aromatic amines is 2. The molecule has 0 aliphatic carbocycles. The van der Waals surface area contributed by atoms with Crippen molar-refractivity contribution in [1.82, 2.24) is 14.9 Å². The summed E-state index contributed by atoms with van der Waals surface area (Å²) in [6.45, 7) is 1.02. The molecule has 0 spiro atoms. The zero-order chi connectivity index (χ0) is 25.7. The molecule has 0 atom stereocenters. The number of likely N-dealkylation sites (N-methyl/N-ethyl adjacent to an activating group) is 1. The maximum absolute atomic E-state index is 13.0. The first-order valence-electron chi connectivity index (χ1n) is 11.4. The number of hydrogen-bond acceptors (Lipinski definition) is 6. The van der Waals surface area contributed by atoms with Gasteiger partial charge in [-0.1, -0.05) is 24.3 Å². The number of nitrogens with zero attached hydrogens (tertiary/aromatic N) is 2. The lowest BCUT2D eigenvalue weighted by molar-refractivity contribution is 0.102. The van der Waals surface area contributed by atoms with Crippen LogP contribution in [0.1, 0.15) is 15.9 Å². The molecule has 0 aliphatic rings. The molecule has 0 unspecified atom stereocenters. The number of nitrogen functional groups attached to an aromatic ring is 1. The zero-order valence-electron chi connectivity index (χ0n) is 20.1. The van der Waals surface area contributed by atoms with E-state index in [0.717, 1.165) is 5.56 Å². The van der Waals surface area contributed by atoms with Gasteiger partial charge in [0.15, 0.2) is 0 Å². The van der Waals surface area contributed by atoms with Gasteiger partial charge in [-0.3, -0.25) is 9.69 Å². The van der Waals surface area contributed by atoms with E-state index >= 15 is 0 Å². The highest BCUT2D eigenvalue weighted by Gasteiger charge is 2.19. The number of para-hydroxylation sites is 2. The number of nitrogens with one attached hydrogen (secondary N) is 3. The van der Waals surface area contributed by atoms with Crippen molar-refractivity contribution < 1.29 is 14.3 Å². The van der Waals surface area contributed by atoms with Gasteiger partial charge in [0, 0.05) is 17.8 Å². The molecule has 0 saturated heterocycles. The van der Waals surface area contributed by atoms with Crippen LogP contribution < -0.4 is 21.6 Å². The minimum Gasteiger partial charge on any atom is -0.448 e.